The maximum absolute atomic E-state index is 11.7. The number of carbonyl (C=O) groups is 1. The van der Waals surface area contributed by atoms with Gasteiger partial charge in [0.15, 0.2) is 0 Å². The Balaban J connectivity index is 2.61. The van der Waals surface area contributed by atoms with Gasteiger partial charge in [-0.2, -0.15) is 0 Å². The van der Waals surface area contributed by atoms with E-state index in [1.165, 1.54) is 5.57 Å². The van der Waals surface area contributed by atoms with Crippen LogP contribution in [0.1, 0.15) is 47.5 Å². The number of rotatable bonds is 4. The largest absolute Gasteiger partial charge is 0.465 e. The molecule has 114 valence electrons. The summed E-state index contributed by atoms with van der Waals surface area (Å²) in [4.78, 5) is 11.7. The van der Waals surface area contributed by atoms with Crippen molar-refractivity contribution in [3.05, 3.63) is 23.8 Å². The molecule has 0 aromatic heterocycles. The summed E-state index contributed by atoms with van der Waals surface area (Å²) in [5, 5.41) is 10.2. The van der Waals surface area contributed by atoms with E-state index < -0.39 is 11.5 Å². The zero-order valence-electron chi connectivity index (χ0n) is 13.4. The van der Waals surface area contributed by atoms with E-state index in [4.69, 9.17) is 4.74 Å². The number of ether oxygens (including phenoxy) is 1. The lowest BCUT2D eigenvalue weighted by Crippen LogP contribution is -2.33. The molecule has 0 heterocycles. The number of hydrogen-bond donors (Lipinski definition) is 1. The molecule has 0 fully saturated rings. The molecular formula is C17H28O3. The number of carbonyl (C=O) groups excluding carboxylic acids is 1. The topological polar surface area (TPSA) is 46.5 Å². The highest BCUT2D eigenvalue weighted by Crippen LogP contribution is 2.36. The van der Waals surface area contributed by atoms with Crippen LogP contribution in [0.3, 0.4) is 0 Å². The van der Waals surface area contributed by atoms with Gasteiger partial charge in [-0.15, -0.1) is 0 Å². The normalized spacial score (nSPS) is 26.9. The van der Waals surface area contributed by atoms with E-state index in [-0.39, 0.29) is 17.8 Å². The maximum Gasteiger partial charge on any atom is 0.311 e. The summed E-state index contributed by atoms with van der Waals surface area (Å²) in [5.74, 6) is 0.161. The fraction of sp³-hybridized carbons (Fsp3) is 0.706. The Labute approximate surface area is 122 Å². The minimum absolute atomic E-state index is 0.0870. The Bertz CT molecular complexity index is 401. The van der Waals surface area contributed by atoms with Gasteiger partial charge in [-0.25, -0.2) is 0 Å². The first-order valence-corrected chi connectivity index (χ1v) is 7.31. The fourth-order valence-electron chi connectivity index (χ4n) is 2.64. The van der Waals surface area contributed by atoms with Crippen molar-refractivity contribution >= 4 is 5.97 Å². The van der Waals surface area contributed by atoms with Crippen LogP contribution < -0.4 is 0 Å². The van der Waals surface area contributed by atoms with Gasteiger partial charge in [0.05, 0.1) is 18.1 Å². The molecule has 0 aliphatic heterocycles. The molecule has 3 heteroatoms. The Hall–Kier alpha value is -1.09. The van der Waals surface area contributed by atoms with Crippen molar-refractivity contribution in [3.63, 3.8) is 0 Å². The van der Waals surface area contributed by atoms with Crippen LogP contribution in [0.25, 0.3) is 0 Å². The minimum atomic E-state index is -0.477. The molecule has 0 saturated heterocycles. The molecule has 20 heavy (non-hydrogen) atoms. The summed E-state index contributed by atoms with van der Waals surface area (Å²) < 4.78 is 5.31. The molecule has 3 atom stereocenters. The molecule has 3 nitrogen and oxygen atoms in total. The van der Waals surface area contributed by atoms with Gasteiger partial charge in [0.25, 0.3) is 0 Å². The van der Waals surface area contributed by atoms with Crippen LogP contribution in [0.4, 0.5) is 0 Å². The lowest BCUT2D eigenvalue weighted by atomic mass is 9.73. The smallest absolute Gasteiger partial charge is 0.311 e. The summed E-state index contributed by atoms with van der Waals surface area (Å²) in [6.45, 7) is 14.0. The first kappa shape index (κ1) is 17.0. The number of hydrogen-bond acceptors (Lipinski definition) is 3. The molecule has 1 rings (SSSR count). The second-order valence-corrected chi connectivity index (χ2v) is 7.00. The van der Waals surface area contributed by atoms with Crippen LogP contribution in [0.15, 0.2) is 23.8 Å². The predicted molar refractivity (Wildman–Crippen MR) is 81.2 cm³/mol. The summed E-state index contributed by atoms with van der Waals surface area (Å²) in [6.07, 6.45) is 3.04. The first-order valence-electron chi connectivity index (χ1n) is 7.31. The van der Waals surface area contributed by atoms with E-state index in [0.29, 0.717) is 13.0 Å². The van der Waals surface area contributed by atoms with E-state index in [2.05, 4.69) is 6.58 Å². The third-order valence-corrected chi connectivity index (χ3v) is 3.88. The van der Waals surface area contributed by atoms with Crippen LogP contribution in [0.2, 0.25) is 0 Å². The summed E-state index contributed by atoms with van der Waals surface area (Å²) >= 11 is 0. The molecule has 0 amide bonds. The number of allylic oxidation sites excluding steroid dienone is 2. The van der Waals surface area contributed by atoms with Gasteiger partial charge in [0, 0.05) is 0 Å². The Morgan fingerprint density at radius 2 is 2.10 bits per heavy atom. The van der Waals surface area contributed by atoms with Gasteiger partial charge in [-0.05, 0) is 59.3 Å². The third kappa shape index (κ3) is 4.48. The molecule has 0 unspecified atom stereocenters. The lowest BCUT2D eigenvalue weighted by Gasteiger charge is -2.34. The molecule has 0 aromatic carbocycles. The molecule has 1 aliphatic carbocycles. The third-order valence-electron chi connectivity index (χ3n) is 3.88. The standard InChI is InChI=1S/C17H28O3/c1-11(2)14-9-12(3)10-15(18)13(14)7-8-20-16(19)17(4,5)6/h10,13-15,18H,1,7-9H2,2-6H3/t13-,14-,15-/m0/s1. The zero-order valence-corrected chi connectivity index (χ0v) is 13.4. The highest BCUT2D eigenvalue weighted by molar-refractivity contribution is 5.75. The fourth-order valence-corrected chi connectivity index (χ4v) is 2.64. The van der Waals surface area contributed by atoms with Crippen LogP contribution >= 0.6 is 0 Å². The van der Waals surface area contributed by atoms with Gasteiger partial charge in [0.1, 0.15) is 0 Å². The maximum atomic E-state index is 11.7. The van der Waals surface area contributed by atoms with Gasteiger partial charge in [0.2, 0.25) is 0 Å². The predicted octanol–water partition coefficient (Wildman–Crippen LogP) is 3.49. The van der Waals surface area contributed by atoms with Crippen molar-refractivity contribution in [1.29, 1.82) is 0 Å². The number of aliphatic hydroxyl groups is 1. The number of aliphatic hydroxyl groups excluding tert-OH is 1. The van der Waals surface area contributed by atoms with Crippen LogP contribution in [-0.2, 0) is 9.53 Å². The summed E-state index contributed by atoms with van der Waals surface area (Å²) in [6, 6.07) is 0. The highest BCUT2D eigenvalue weighted by atomic mass is 16.5. The summed E-state index contributed by atoms with van der Waals surface area (Å²) in [7, 11) is 0. The van der Waals surface area contributed by atoms with Crippen molar-refractivity contribution in [1.82, 2.24) is 0 Å². The number of esters is 1. The van der Waals surface area contributed by atoms with E-state index in [9.17, 15) is 9.90 Å². The second-order valence-electron chi connectivity index (χ2n) is 7.00. The Morgan fingerprint density at radius 3 is 2.60 bits per heavy atom. The average Bonchev–Trinajstić information content (AvgIpc) is 2.29. The van der Waals surface area contributed by atoms with E-state index in [1.807, 2.05) is 40.7 Å². The van der Waals surface area contributed by atoms with Gasteiger partial charge in [-0.1, -0.05) is 23.8 Å². The Kier molecular flexibility index (Phi) is 5.58. The quantitative estimate of drug-likeness (QED) is 0.633. The molecular weight excluding hydrogens is 252 g/mol. The van der Waals surface area contributed by atoms with Crippen LogP contribution in [0, 0.1) is 17.3 Å². The van der Waals surface area contributed by atoms with E-state index >= 15 is 0 Å². The van der Waals surface area contributed by atoms with E-state index in [0.717, 1.165) is 12.0 Å². The van der Waals surface area contributed by atoms with Crippen molar-refractivity contribution in [2.24, 2.45) is 17.3 Å². The molecule has 0 bridgehead atoms. The van der Waals surface area contributed by atoms with E-state index in [1.54, 1.807) is 0 Å². The monoisotopic (exact) mass is 280 g/mol. The van der Waals surface area contributed by atoms with Crippen LogP contribution in [-0.4, -0.2) is 23.8 Å². The minimum Gasteiger partial charge on any atom is -0.465 e. The molecule has 0 saturated carbocycles. The highest BCUT2D eigenvalue weighted by Gasteiger charge is 2.32. The molecule has 1 N–H and O–H groups in total. The van der Waals surface area contributed by atoms with Crippen molar-refractivity contribution in [2.75, 3.05) is 6.61 Å². The lowest BCUT2D eigenvalue weighted by molar-refractivity contribution is -0.153. The molecule has 0 aromatic rings. The van der Waals surface area contributed by atoms with Crippen LogP contribution in [0.5, 0.6) is 0 Å². The first-order chi connectivity index (χ1) is 9.12. The van der Waals surface area contributed by atoms with Gasteiger partial charge in [-0.3, -0.25) is 4.79 Å². The van der Waals surface area contributed by atoms with Crippen molar-refractivity contribution in [3.8, 4) is 0 Å². The average molecular weight is 280 g/mol. The second kappa shape index (κ2) is 6.57. The zero-order chi connectivity index (χ0) is 15.5. The van der Waals surface area contributed by atoms with Gasteiger partial charge >= 0.3 is 5.97 Å². The van der Waals surface area contributed by atoms with Crippen molar-refractivity contribution in [2.45, 2.75) is 53.6 Å². The Morgan fingerprint density at radius 1 is 1.50 bits per heavy atom. The van der Waals surface area contributed by atoms with Gasteiger partial charge < -0.3 is 9.84 Å². The SMILES string of the molecule is C=C(C)[C@@H]1CC(C)=C[C@H](O)[C@H]1CCOC(=O)C(C)(C)C. The summed E-state index contributed by atoms with van der Waals surface area (Å²) in [5.41, 5.74) is 1.81. The van der Waals surface area contributed by atoms with Crippen molar-refractivity contribution < 1.29 is 14.6 Å². The molecule has 0 radical (unpaired) electrons. The molecule has 1 aliphatic rings. The molecule has 0 spiro atoms.